The van der Waals surface area contributed by atoms with E-state index in [0.717, 1.165) is 17.7 Å². The van der Waals surface area contributed by atoms with Crippen molar-refractivity contribution in [3.8, 4) is 0 Å². The van der Waals surface area contributed by atoms with Crippen molar-refractivity contribution < 1.29 is 9.50 Å². The third-order valence-corrected chi connectivity index (χ3v) is 3.66. The van der Waals surface area contributed by atoms with Gasteiger partial charge in [-0.3, -0.25) is 4.90 Å². The van der Waals surface area contributed by atoms with Crippen LogP contribution < -0.4 is 0 Å². The third kappa shape index (κ3) is 3.05. The molecule has 2 rings (SSSR count). The second kappa shape index (κ2) is 5.61. The van der Waals surface area contributed by atoms with E-state index in [2.05, 4.69) is 4.90 Å². The van der Waals surface area contributed by atoms with Crippen molar-refractivity contribution in [1.29, 1.82) is 0 Å². The number of halogens is 1. The van der Waals surface area contributed by atoms with E-state index in [1.807, 2.05) is 13.0 Å². The average Bonchev–Trinajstić information content (AvgIpc) is 2.21. The fraction of sp³-hybridized carbons (Fsp3) is 0.571. The first-order chi connectivity index (χ1) is 8.20. The van der Waals surface area contributed by atoms with E-state index in [4.69, 9.17) is 5.11 Å². The molecule has 1 aromatic carbocycles. The number of hydrogen-bond acceptors (Lipinski definition) is 2. The minimum absolute atomic E-state index is 0.171. The maximum atomic E-state index is 13.2. The summed E-state index contributed by atoms with van der Waals surface area (Å²) in [7, 11) is 0. The molecule has 3 heteroatoms. The van der Waals surface area contributed by atoms with Gasteiger partial charge >= 0.3 is 0 Å². The standard InChI is InChI=1S/C14H20FNO/c1-11-5-6-13(15)9-12(11)10-16(7-8-17)14-3-2-4-14/h5-6,9,14,17H,2-4,7-8,10H2,1H3. The summed E-state index contributed by atoms with van der Waals surface area (Å²) in [6.07, 6.45) is 3.68. The van der Waals surface area contributed by atoms with Gasteiger partial charge in [0, 0.05) is 19.1 Å². The molecule has 0 radical (unpaired) electrons. The molecule has 17 heavy (non-hydrogen) atoms. The molecular formula is C14H20FNO. The van der Waals surface area contributed by atoms with Gasteiger partial charge in [-0.15, -0.1) is 0 Å². The number of hydrogen-bond donors (Lipinski definition) is 1. The number of nitrogens with zero attached hydrogens (tertiary/aromatic N) is 1. The summed E-state index contributed by atoms with van der Waals surface area (Å²) < 4.78 is 13.2. The molecule has 0 heterocycles. The summed E-state index contributed by atoms with van der Waals surface area (Å²) >= 11 is 0. The first-order valence-electron chi connectivity index (χ1n) is 6.30. The molecule has 0 amide bonds. The Morgan fingerprint density at radius 1 is 1.41 bits per heavy atom. The second-order valence-electron chi connectivity index (χ2n) is 4.85. The van der Waals surface area contributed by atoms with Crippen LogP contribution >= 0.6 is 0 Å². The van der Waals surface area contributed by atoms with Crippen LogP contribution in [0.15, 0.2) is 18.2 Å². The largest absolute Gasteiger partial charge is 0.395 e. The zero-order valence-corrected chi connectivity index (χ0v) is 10.3. The van der Waals surface area contributed by atoms with E-state index in [1.165, 1.54) is 25.3 Å². The summed E-state index contributed by atoms with van der Waals surface area (Å²) in [4.78, 5) is 2.27. The summed E-state index contributed by atoms with van der Waals surface area (Å²) in [6, 6.07) is 5.50. The van der Waals surface area contributed by atoms with Crippen molar-refractivity contribution in [3.05, 3.63) is 35.1 Å². The Hall–Kier alpha value is -0.930. The van der Waals surface area contributed by atoms with Gasteiger partial charge in [-0.25, -0.2) is 4.39 Å². The first kappa shape index (κ1) is 12.5. The van der Waals surface area contributed by atoms with Gasteiger partial charge in [0.05, 0.1) is 6.61 Å². The monoisotopic (exact) mass is 237 g/mol. The number of benzene rings is 1. The summed E-state index contributed by atoms with van der Waals surface area (Å²) in [5.74, 6) is -0.178. The number of aryl methyl sites for hydroxylation is 1. The van der Waals surface area contributed by atoms with E-state index < -0.39 is 0 Å². The SMILES string of the molecule is Cc1ccc(F)cc1CN(CCO)C1CCC1. The van der Waals surface area contributed by atoms with Gasteiger partial charge in [0.2, 0.25) is 0 Å². The maximum absolute atomic E-state index is 13.2. The molecule has 94 valence electrons. The normalized spacial score (nSPS) is 16.2. The highest BCUT2D eigenvalue weighted by Gasteiger charge is 2.24. The van der Waals surface area contributed by atoms with Crippen molar-refractivity contribution in [2.75, 3.05) is 13.2 Å². The molecule has 1 aliphatic rings. The van der Waals surface area contributed by atoms with E-state index in [9.17, 15) is 4.39 Å². The van der Waals surface area contributed by atoms with Crippen molar-refractivity contribution in [2.24, 2.45) is 0 Å². The smallest absolute Gasteiger partial charge is 0.123 e. The topological polar surface area (TPSA) is 23.5 Å². The van der Waals surface area contributed by atoms with Crippen LogP contribution in [0.2, 0.25) is 0 Å². The number of rotatable bonds is 5. The highest BCUT2D eigenvalue weighted by molar-refractivity contribution is 5.26. The Kier molecular flexibility index (Phi) is 4.13. The molecule has 2 nitrogen and oxygen atoms in total. The van der Waals surface area contributed by atoms with Crippen LogP contribution in [0.5, 0.6) is 0 Å². The lowest BCUT2D eigenvalue weighted by molar-refractivity contribution is 0.0943. The van der Waals surface area contributed by atoms with Crippen LogP contribution in [0.25, 0.3) is 0 Å². The maximum Gasteiger partial charge on any atom is 0.123 e. The third-order valence-electron chi connectivity index (χ3n) is 3.66. The van der Waals surface area contributed by atoms with Crippen LogP contribution in [0.4, 0.5) is 4.39 Å². The van der Waals surface area contributed by atoms with Crippen LogP contribution in [0.3, 0.4) is 0 Å². The predicted molar refractivity (Wildman–Crippen MR) is 66.3 cm³/mol. The van der Waals surface area contributed by atoms with Crippen LogP contribution in [-0.2, 0) is 6.54 Å². The highest BCUT2D eigenvalue weighted by Crippen LogP contribution is 2.26. The Balaban J connectivity index is 2.07. The molecule has 0 aliphatic heterocycles. The van der Waals surface area contributed by atoms with E-state index in [1.54, 1.807) is 6.07 Å². The lowest BCUT2D eigenvalue weighted by Crippen LogP contribution is -2.41. The van der Waals surface area contributed by atoms with Crippen LogP contribution in [-0.4, -0.2) is 29.2 Å². The molecule has 1 aromatic rings. The summed E-state index contributed by atoms with van der Waals surface area (Å²) in [5, 5.41) is 9.09. The minimum Gasteiger partial charge on any atom is -0.395 e. The molecule has 1 aliphatic carbocycles. The fourth-order valence-corrected chi connectivity index (χ4v) is 2.30. The lowest BCUT2D eigenvalue weighted by atomic mass is 9.91. The summed E-state index contributed by atoms with van der Waals surface area (Å²) in [6.45, 7) is 3.60. The lowest BCUT2D eigenvalue weighted by Gasteiger charge is -2.37. The molecular weight excluding hydrogens is 217 g/mol. The highest BCUT2D eigenvalue weighted by atomic mass is 19.1. The van der Waals surface area contributed by atoms with Crippen molar-refractivity contribution >= 4 is 0 Å². The van der Waals surface area contributed by atoms with Gasteiger partial charge in [-0.2, -0.15) is 0 Å². The zero-order chi connectivity index (χ0) is 12.3. The molecule has 0 bridgehead atoms. The van der Waals surface area contributed by atoms with E-state index in [-0.39, 0.29) is 12.4 Å². The molecule has 0 atom stereocenters. The van der Waals surface area contributed by atoms with E-state index in [0.29, 0.717) is 12.6 Å². The molecule has 1 N–H and O–H groups in total. The van der Waals surface area contributed by atoms with Crippen molar-refractivity contribution in [2.45, 2.75) is 38.8 Å². The second-order valence-corrected chi connectivity index (χ2v) is 4.85. The first-order valence-corrected chi connectivity index (χ1v) is 6.30. The van der Waals surface area contributed by atoms with Crippen LogP contribution in [0.1, 0.15) is 30.4 Å². The minimum atomic E-state index is -0.178. The Morgan fingerprint density at radius 3 is 2.76 bits per heavy atom. The summed E-state index contributed by atoms with van der Waals surface area (Å²) in [5.41, 5.74) is 2.15. The van der Waals surface area contributed by atoms with Gasteiger partial charge in [0.15, 0.2) is 0 Å². The molecule has 0 spiro atoms. The van der Waals surface area contributed by atoms with Crippen LogP contribution in [0, 0.1) is 12.7 Å². The molecule has 0 unspecified atom stereocenters. The van der Waals surface area contributed by atoms with Gasteiger partial charge in [0.25, 0.3) is 0 Å². The van der Waals surface area contributed by atoms with Gasteiger partial charge in [-0.1, -0.05) is 12.5 Å². The molecule has 0 saturated heterocycles. The Labute approximate surface area is 102 Å². The predicted octanol–water partition coefficient (Wildman–Crippen LogP) is 2.48. The molecule has 0 aromatic heterocycles. The average molecular weight is 237 g/mol. The van der Waals surface area contributed by atoms with Gasteiger partial charge < -0.3 is 5.11 Å². The zero-order valence-electron chi connectivity index (χ0n) is 10.3. The number of aliphatic hydroxyl groups is 1. The number of aliphatic hydroxyl groups excluding tert-OH is 1. The molecule has 1 saturated carbocycles. The quantitative estimate of drug-likeness (QED) is 0.850. The fourth-order valence-electron chi connectivity index (χ4n) is 2.30. The van der Waals surface area contributed by atoms with Crippen molar-refractivity contribution in [1.82, 2.24) is 4.90 Å². The van der Waals surface area contributed by atoms with Gasteiger partial charge in [0.1, 0.15) is 5.82 Å². The van der Waals surface area contributed by atoms with Crippen molar-refractivity contribution in [3.63, 3.8) is 0 Å². The van der Waals surface area contributed by atoms with Gasteiger partial charge in [-0.05, 0) is 43.0 Å². The Bertz CT molecular complexity index is 376. The Morgan fingerprint density at radius 2 is 2.18 bits per heavy atom. The van der Waals surface area contributed by atoms with E-state index >= 15 is 0 Å². The molecule has 1 fully saturated rings.